The number of nitrogens with one attached hydrogen (secondary N) is 1. The van der Waals surface area contributed by atoms with Crippen molar-refractivity contribution < 1.29 is 9.72 Å². The molecule has 0 spiro atoms. The van der Waals surface area contributed by atoms with E-state index in [9.17, 15) is 14.9 Å². The van der Waals surface area contributed by atoms with E-state index in [1.165, 1.54) is 24.6 Å². The smallest absolute Gasteiger partial charge is 0.271 e. The molecule has 1 aliphatic rings. The minimum Gasteiger partial charge on any atom is -0.323 e. The van der Waals surface area contributed by atoms with Gasteiger partial charge in [0.2, 0.25) is 5.91 Å². The van der Waals surface area contributed by atoms with E-state index in [-0.39, 0.29) is 28.3 Å². The molecular weight excluding hydrogens is 318 g/mol. The number of hydrogen-bond donors (Lipinski definition) is 1. The summed E-state index contributed by atoms with van der Waals surface area (Å²) in [6.45, 7) is 7.98. The maximum atomic E-state index is 12.5. The Labute approximate surface area is 141 Å². The molecule has 1 N–H and O–H groups in total. The number of amides is 1. The highest BCUT2D eigenvalue weighted by molar-refractivity contribution is 6.33. The third-order valence-corrected chi connectivity index (χ3v) is 4.57. The van der Waals surface area contributed by atoms with Gasteiger partial charge in [-0.2, -0.15) is 0 Å². The molecule has 1 fully saturated rings. The number of carbonyl (C=O) groups excluding carboxylic acids is 1. The highest BCUT2D eigenvalue weighted by Gasteiger charge is 2.29. The van der Waals surface area contributed by atoms with Crippen LogP contribution < -0.4 is 5.32 Å². The number of piperidine rings is 1. The topological polar surface area (TPSA) is 75.5 Å². The first-order valence-electron chi connectivity index (χ1n) is 7.76. The second-order valence-electron chi connectivity index (χ2n) is 6.49. The molecule has 0 bridgehead atoms. The van der Waals surface area contributed by atoms with Gasteiger partial charge in [0.05, 0.1) is 21.7 Å². The van der Waals surface area contributed by atoms with Crippen molar-refractivity contribution in [3.8, 4) is 0 Å². The SMILES string of the molecule is C[C@@H]1C[C@H](C)CN([C@H](C)C(=O)Nc2cc([N+](=O)[O-])ccc2Cl)C1. The fraction of sp³-hybridized carbons (Fsp3) is 0.562. The molecule has 1 saturated heterocycles. The molecule has 3 atom stereocenters. The van der Waals surface area contributed by atoms with Gasteiger partial charge in [0.1, 0.15) is 0 Å². The minimum absolute atomic E-state index is 0.0995. The van der Waals surface area contributed by atoms with Gasteiger partial charge >= 0.3 is 0 Å². The molecule has 126 valence electrons. The normalized spacial score (nSPS) is 23.3. The number of nitro groups is 1. The second-order valence-corrected chi connectivity index (χ2v) is 6.89. The second kappa shape index (κ2) is 7.27. The molecule has 1 heterocycles. The molecule has 0 radical (unpaired) electrons. The standard InChI is InChI=1S/C16H22ClN3O3/c1-10-6-11(2)9-19(8-10)12(3)16(21)18-15-7-13(20(22)23)4-5-14(15)17/h4-5,7,10-12H,6,8-9H2,1-3H3,(H,18,21)/t10-,11+,12-/m1/s1. The van der Waals surface area contributed by atoms with Crippen molar-refractivity contribution in [2.75, 3.05) is 18.4 Å². The van der Waals surface area contributed by atoms with Gasteiger partial charge in [0.15, 0.2) is 0 Å². The number of carbonyl (C=O) groups is 1. The summed E-state index contributed by atoms with van der Waals surface area (Å²) >= 11 is 6.03. The number of rotatable bonds is 4. The molecule has 1 aliphatic heterocycles. The third-order valence-electron chi connectivity index (χ3n) is 4.24. The number of anilines is 1. The van der Waals surface area contributed by atoms with Crippen LogP contribution in [-0.4, -0.2) is 34.9 Å². The molecule has 0 saturated carbocycles. The average Bonchev–Trinajstić information content (AvgIpc) is 2.47. The minimum atomic E-state index is -0.511. The Balaban J connectivity index is 2.09. The summed E-state index contributed by atoms with van der Waals surface area (Å²) in [7, 11) is 0. The Bertz CT molecular complexity index is 598. The number of hydrogen-bond acceptors (Lipinski definition) is 4. The van der Waals surface area contributed by atoms with Crippen LogP contribution in [0.2, 0.25) is 5.02 Å². The van der Waals surface area contributed by atoms with Gasteiger partial charge in [-0.25, -0.2) is 0 Å². The molecular formula is C16H22ClN3O3. The van der Waals surface area contributed by atoms with E-state index in [1.54, 1.807) is 0 Å². The first kappa shape index (κ1) is 17.7. The molecule has 23 heavy (non-hydrogen) atoms. The molecule has 6 nitrogen and oxygen atoms in total. The van der Waals surface area contributed by atoms with Crippen LogP contribution in [0.25, 0.3) is 0 Å². The van der Waals surface area contributed by atoms with E-state index in [0.717, 1.165) is 13.1 Å². The molecule has 1 aromatic carbocycles. The summed E-state index contributed by atoms with van der Waals surface area (Å²) in [6.07, 6.45) is 1.17. The number of nitro benzene ring substituents is 1. The van der Waals surface area contributed by atoms with Crippen molar-refractivity contribution in [1.82, 2.24) is 4.90 Å². The van der Waals surface area contributed by atoms with E-state index < -0.39 is 4.92 Å². The van der Waals surface area contributed by atoms with E-state index >= 15 is 0 Å². The van der Waals surface area contributed by atoms with Crippen molar-refractivity contribution in [1.29, 1.82) is 0 Å². The van der Waals surface area contributed by atoms with Crippen molar-refractivity contribution in [2.45, 2.75) is 33.2 Å². The maximum Gasteiger partial charge on any atom is 0.271 e. The fourth-order valence-corrected chi connectivity index (χ4v) is 3.32. The molecule has 2 rings (SSSR count). The summed E-state index contributed by atoms with van der Waals surface area (Å²) < 4.78 is 0. The van der Waals surface area contributed by atoms with Gasteiger partial charge in [-0.1, -0.05) is 25.4 Å². The van der Waals surface area contributed by atoms with E-state index in [0.29, 0.717) is 11.8 Å². The zero-order valence-electron chi connectivity index (χ0n) is 13.6. The Kier molecular flexibility index (Phi) is 5.59. The number of likely N-dealkylation sites (tertiary alicyclic amines) is 1. The van der Waals surface area contributed by atoms with Gasteiger partial charge in [-0.15, -0.1) is 0 Å². The molecule has 1 aromatic rings. The zero-order chi connectivity index (χ0) is 17.1. The van der Waals surface area contributed by atoms with Crippen molar-refractivity contribution in [3.63, 3.8) is 0 Å². The van der Waals surface area contributed by atoms with Crippen molar-refractivity contribution >= 4 is 28.9 Å². The predicted molar refractivity (Wildman–Crippen MR) is 90.7 cm³/mol. The Morgan fingerprint density at radius 3 is 2.57 bits per heavy atom. The fourth-order valence-electron chi connectivity index (χ4n) is 3.15. The summed E-state index contributed by atoms with van der Waals surface area (Å²) in [5.41, 5.74) is 0.174. The van der Waals surface area contributed by atoms with Gasteiger partial charge in [-0.3, -0.25) is 19.8 Å². The maximum absolute atomic E-state index is 12.5. The molecule has 7 heteroatoms. The van der Waals surface area contributed by atoms with Crippen LogP contribution in [-0.2, 0) is 4.79 Å². The van der Waals surface area contributed by atoms with Crippen LogP contribution in [0.4, 0.5) is 11.4 Å². The number of non-ortho nitro benzene ring substituents is 1. The van der Waals surface area contributed by atoms with Crippen LogP contribution >= 0.6 is 11.6 Å². The van der Waals surface area contributed by atoms with Crippen LogP contribution in [0, 0.1) is 22.0 Å². The lowest BCUT2D eigenvalue weighted by Crippen LogP contribution is -2.48. The van der Waals surface area contributed by atoms with E-state index in [1.807, 2.05) is 6.92 Å². The lowest BCUT2D eigenvalue weighted by Gasteiger charge is -2.38. The van der Waals surface area contributed by atoms with Gasteiger partial charge in [0, 0.05) is 25.2 Å². The summed E-state index contributed by atoms with van der Waals surface area (Å²) in [4.78, 5) is 25.0. The first-order chi connectivity index (χ1) is 10.8. The monoisotopic (exact) mass is 339 g/mol. The highest BCUT2D eigenvalue weighted by atomic mass is 35.5. The quantitative estimate of drug-likeness (QED) is 0.672. The number of benzene rings is 1. The third kappa shape index (κ3) is 4.42. The number of halogens is 1. The Morgan fingerprint density at radius 2 is 2.00 bits per heavy atom. The van der Waals surface area contributed by atoms with Crippen LogP contribution in [0.1, 0.15) is 27.2 Å². The summed E-state index contributed by atoms with van der Waals surface area (Å²) in [5, 5.41) is 13.8. The van der Waals surface area contributed by atoms with Gasteiger partial charge in [0.25, 0.3) is 5.69 Å². The zero-order valence-corrected chi connectivity index (χ0v) is 14.3. The van der Waals surface area contributed by atoms with E-state index in [2.05, 4.69) is 24.1 Å². The van der Waals surface area contributed by atoms with Crippen molar-refractivity contribution in [3.05, 3.63) is 33.3 Å². The van der Waals surface area contributed by atoms with Gasteiger partial charge in [-0.05, 0) is 31.2 Å². The molecule has 0 unspecified atom stereocenters. The first-order valence-corrected chi connectivity index (χ1v) is 8.14. The number of nitrogens with zero attached hydrogens (tertiary/aromatic N) is 2. The average molecular weight is 340 g/mol. The summed E-state index contributed by atoms with van der Waals surface area (Å²) in [6, 6.07) is 3.71. The Hall–Kier alpha value is -1.66. The molecule has 0 aliphatic carbocycles. The Morgan fingerprint density at radius 1 is 1.39 bits per heavy atom. The van der Waals surface area contributed by atoms with Gasteiger partial charge < -0.3 is 5.32 Å². The van der Waals surface area contributed by atoms with Crippen molar-refractivity contribution in [2.24, 2.45) is 11.8 Å². The van der Waals surface area contributed by atoms with Crippen LogP contribution in [0.15, 0.2) is 18.2 Å². The lowest BCUT2D eigenvalue weighted by molar-refractivity contribution is -0.384. The van der Waals surface area contributed by atoms with E-state index in [4.69, 9.17) is 11.6 Å². The van der Waals surface area contributed by atoms with Crippen LogP contribution in [0.5, 0.6) is 0 Å². The predicted octanol–water partition coefficient (Wildman–Crippen LogP) is 3.55. The lowest BCUT2D eigenvalue weighted by atomic mass is 9.91. The molecule has 1 amide bonds. The van der Waals surface area contributed by atoms with Crippen LogP contribution in [0.3, 0.4) is 0 Å². The summed E-state index contributed by atoms with van der Waals surface area (Å²) in [5.74, 6) is 0.902. The highest BCUT2D eigenvalue weighted by Crippen LogP contribution is 2.28. The largest absolute Gasteiger partial charge is 0.323 e. The molecule has 0 aromatic heterocycles.